The van der Waals surface area contributed by atoms with Crippen LogP contribution in [-0.4, -0.2) is 36.1 Å². The number of methoxy groups -OCH3 is 1. The van der Waals surface area contributed by atoms with Crippen molar-refractivity contribution in [1.82, 2.24) is 4.90 Å². The van der Waals surface area contributed by atoms with Crippen molar-refractivity contribution in [3.63, 3.8) is 0 Å². The lowest BCUT2D eigenvalue weighted by atomic mass is 10.2. The maximum absolute atomic E-state index is 12.7. The average Bonchev–Trinajstić information content (AvgIpc) is 3.12. The molecule has 0 atom stereocenters. The Morgan fingerprint density at radius 2 is 1.77 bits per heavy atom. The summed E-state index contributed by atoms with van der Waals surface area (Å²) >= 11 is 13.4. The third kappa shape index (κ3) is 6.06. The van der Waals surface area contributed by atoms with Crippen LogP contribution in [0.5, 0.6) is 5.75 Å². The highest BCUT2D eigenvalue weighted by molar-refractivity contribution is 8.18. The van der Waals surface area contributed by atoms with Gasteiger partial charge in [0.2, 0.25) is 0 Å². The number of halogens is 2. The lowest BCUT2D eigenvalue weighted by Crippen LogP contribution is -2.23. The number of esters is 1. The maximum Gasteiger partial charge on any atom is 0.337 e. The Labute approximate surface area is 217 Å². The highest BCUT2D eigenvalue weighted by atomic mass is 35.5. The molecule has 9 heteroatoms. The van der Waals surface area contributed by atoms with Crippen LogP contribution in [0, 0.1) is 0 Å². The fourth-order valence-corrected chi connectivity index (χ4v) is 4.61. The van der Waals surface area contributed by atoms with Crippen molar-refractivity contribution in [2.75, 3.05) is 14.2 Å². The average molecular weight is 527 g/mol. The number of thioether (sulfide) groups is 1. The molecule has 35 heavy (non-hydrogen) atoms. The summed E-state index contributed by atoms with van der Waals surface area (Å²) in [4.78, 5) is 30.9. The van der Waals surface area contributed by atoms with Gasteiger partial charge in [-0.3, -0.25) is 9.69 Å². The molecule has 0 bridgehead atoms. The second-order valence-electron chi connectivity index (χ2n) is 7.50. The second kappa shape index (κ2) is 11.0. The molecule has 178 valence electrons. The van der Waals surface area contributed by atoms with Crippen molar-refractivity contribution in [2.45, 2.75) is 6.61 Å². The summed E-state index contributed by atoms with van der Waals surface area (Å²) < 4.78 is 10.5. The largest absolute Gasteiger partial charge is 0.489 e. The molecule has 1 heterocycles. The summed E-state index contributed by atoms with van der Waals surface area (Å²) in [7, 11) is 3.01. The summed E-state index contributed by atoms with van der Waals surface area (Å²) in [5.41, 5.74) is 2.76. The second-order valence-corrected chi connectivity index (χ2v) is 9.35. The van der Waals surface area contributed by atoms with E-state index in [0.717, 1.165) is 11.1 Å². The molecule has 0 aliphatic carbocycles. The van der Waals surface area contributed by atoms with Crippen LogP contribution in [0.25, 0.3) is 6.08 Å². The topological polar surface area (TPSA) is 68.2 Å². The number of benzene rings is 3. The van der Waals surface area contributed by atoms with Crippen LogP contribution in [0.2, 0.25) is 10.0 Å². The molecule has 6 nitrogen and oxygen atoms in total. The van der Waals surface area contributed by atoms with Crippen LogP contribution in [-0.2, 0) is 16.1 Å². The third-order valence-corrected chi connectivity index (χ3v) is 6.75. The van der Waals surface area contributed by atoms with Crippen LogP contribution in [0.4, 0.5) is 5.69 Å². The molecule has 0 saturated carbocycles. The molecule has 1 amide bonds. The van der Waals surface area contributed by atoms with E-state index in [9.17, 15) is 9.59 Å². The zero-order chi connectivity index (χ0) is 24.9. The first-order valence-corrected chi connectivity index (χ1v) is 12.0. The smallest absolute Gasteiger partial charge is 0.337 e. The fourth-order valence-electron chi connectivity index (χ4n) is 3.16. The maximum atomic E-state index is 12.7. The van der Waals surface area contributed by atoms with Crippen LogP contribution in [0.1, 0.15) is 21.5 Å². The summed E-state index contributed by atoms with van der Waals surface area (Å²) in [5.74, 6) is 0.123. The van der Waals surface area contributed by atoms with Gasteiger partial charge >= 0.3 is 5.97 Å². The number of amides is 1. The molecule has 1 fully saturated rings. The van der Waals surface area contributed by atoms with Crippen LogP contribution in [0.15, 0.2) is 76.6 Å². The Kier molecular flexibility index (Phi) is 7.80. The molecule has 0 radical (unpaired) electrons. The van der Waals surface area contributed by atoms with Crippen LogP contribution in [0.3, 0.4) is 0 Å². The van der Waals surface area contributed by atoms with E-state index in [1.807, 2.05) is 36.4 Å². The van der Waals surface area contributed by atoms with Gasteiger partial charge in [0, 0.05) is 22.7 Å². The Morgan fingerprint density at radius 1 is 1.06 bits per heavy atom. The first kappa shape index (κ1) is 24.9. The lowest BCUT2D eigenvalue weighted by Gasteiger charge is -2.08. The molecular weight excluding hydrogens is 507 g/mol. The van der Waals surface area contributed by atoms with Crippen LogP contribution < -0.4 is 4.74 Å². The first-order chi connectivity index (χ1) is 16.8. The van der Waals surface area contributed by atoms with Gasteiger partial charge in [-0.05, 0) is 71.9 Å². The number of carbonyl (C=O) groups is 2. The quantitative estimate of drug-likeness (QED) is 0.267. The number of hydrogen-bond acceptors (Lipinski definition) is 6. The predicted octanol–water partition coefficient (Wildman–Crippen LogP) is 6.59. The van der Waals surface area contributed by atoms with E-state index in [4.69, 9.17) is 32.7 Å². The number of nitrogens with zero attached hydrogens (tertiary/aromatic N) is 2. The van der Waals surface area contributed by atoms with E-state index in [0.29, 0.717) is 43.7 Å². The predicted molar refractivity (Wildman–Crippen MR) is 140 cm³/mol. The molecule has 3 aromatic rings. The van der Waals surface area contributed by atoms with E-state index in [2.05, 4.69) is 4.99 Å². The Bertz CT molecular complexity index is 1320. The molecule has 1 aliphatic heterocycles. The number of amidine groups is 1. The summed E-state index contributed by atoms with van der Waals surface area (Å²) in [6.07, 6.45) is 1.81. The van der Waals surface area contributed by atoms with E-state index >= 15 is 0 Å². The number of ether oxygens (including phenoxy) is 2. The normalized spacial score (nSPS) is 15.7. The fraction of sp³-hybridized carbons (Fsp3) is 0.115. The summed E-state index contributed by atoms with van der Waals surface area (Å²) in [6.45, 7) is 0.315. The van der Waals surface area contributed by atoms with Crippen molar-refractivity contribution in [3.8, 4) is 5.75 Å². The number of carbonyl (C=O) groups excluding carboxylic acids is 2. The lowest BCUT2D eigenvalue weighted by molar-refractivity contribution is -0.121. The summed E-state index contributed by atoms with van der Waals surface area (Å²) in [5, 5.41) is 1.68. The number of rotatable bonds is 6. The SMILES string of the molecule is COC(=O)c1ccc(N=C2S/C(=C/c3ccc(OCc4ccc(Cl)cc4Cl)cc3)C(=O)N2C)cc1. The minimum atomic E-state index is -0.415. The zero-order valence-corrected chi connectivity index (χ0v) is 21.2. The highest BCUT2D eigenvalue weighted by Gasteiger charge is 2.30. The van der Waals surface area contributed by atoms with Gasteiger partial charge in [-0.1, -0.05) is 41.4 Å². The third-order valence-electron chi connectivity index (χ3n) is 5.10. The van der Waals surface area contributed by atoms with Gasteiger partial charge in [-0.15, -0.1) is 0 Å². The van der Waals surface area contributed by atoms with Crippen molar-refractivity contribution in [3.05, 3.63) is 98.4 Å². The minimum Gasteiger partial charge on any atom is -0.489 e. The van der Waals surface area contributed by atoms with Crippen molar-refractivity contribution >= 4 is 63.8 Å². The standard InChI is InChI=1S/C26H20Cl2N2O4S/c1-30-24(31)23(35-26(30)29-20-9-6-17(7-10-20)25(32)33-2)13-16-3-11-21(12-4-16)34-15-18-5-8-19(27)14-22(18)28/h3-14H,15H2,1-2H3/b23-13+,29-26?. The molecule has 0 unspecified atom stereocenters. The zero-order valence-electron chi connectivity index (χ0n) is 18.8. The molecule has 3 aromatic carbocycles. The van der Waals surface area contributed by atoms with Crippen molar-refractivity contribution in [2.24, 2.45) is 4.99 Å². The number of likely N-dealkylation sites (N-methyl/N-ethyl adjacent to an activating group) is 1. The molecule has 0 N–H and O–H groups in total. The molecule has 1 aliphatic rings. The molecule has 4 rings (SSSR count). The molecule has 0 aromatic heterocycles. The first-order valence-electron chi connectivity index (χ1n) is 10.5. The van der Waals surface area contributed by atoms with E-state index in [1.54, 1.807) is 43.4 Å². The van der Waals surface area contributed by atoms with Crippen molar-refractivity contribution in [1.29, 1.82) is 0 Å². The van der Waals surface area contributed by atoms with Gasteiger partial charge in [-0.2, -0.15) is 0 Å². The Hall–Kier alpha value is -3.26. The molecule has 1 saturated heterocycles. The highest BCUT2D eigenvalue weighted by Crippen LogP contribution is 2.33. The van der Waals surface area contributed by atoms with Gasteiger partial charge in [-0.25, -0.2) is 9.79 Å². The Balaban J connectivity index is 1.43. The van der Waals surface area contributed by atoms with E-state index < -0.39 is 5.97 Å². The van der Waals surface area contributed by atoms with E-state index in [1.165, 1.54) is 23.8 Å². The summed E-state index contributed by atoms with van der Waals surface area (Å²) in [6, 6.07) is 19.4. The van der Waals surface area contributed by atoms with Gasteiger partial charge in [0.1, 0.15) is 12.4 Å². The van der Waals surface area contributed by atoms with E-state index in [-0.39, 0.29) is 5.91 Å². The van der Waals surface area contributed by atoms with Crippen LogP contribution >= 0.6 is 35.0 Å². The number of hydrogen-bond donors (Lipinski definition) is 0. The van der Waals surface area contributed by atoms with Crippen molar-refractivity contribution < 1.29 is 19.1 Å². The monoisotopic (exact) mass is 526 g/mol. The van der Waals surface area contributed by atoms with Gasteiger partial charge in [0.25, 0.3) is 5.91 Å². The molecule has 0 spiro atoms. The number of aliphatic imine (C=N–C) groups is 1. The Morgan fingerprint density at radius 3 is 2.43 bits per heavy atom. The minimum absolute atomic E-state index is 0.141. The molecular formula is C26H20Cl2N2O4S. The van der Waals surface area contributed by atoms with Gasteiger partial charge in [0.15, 0.2) is 5.17 Å². The van der Waals surface area contributed by atoms with Gasteiger partial charge < -0.3 is 9.47 Å². The van der Waals surface area contributed by atoms with Gasteiger partial charge in [0.05, 0.1) is 23.3 Å².